The Morgan fingerprint density at radius 3 is 1.54 bits per heavy atom. The Balaban J connectivity index is 0. The minimum atomic E-state index is -1.85. The molecule has 5 heteroatoms. The third-order valence-electron chi connectivity index (χ3n) is 5.42. The number of aryl methyl sites for hydroxylation is 1. The van der Waals surface area contributed by atoms with Crippen molar-refractivity contribution in [1.29, 1.82) is 0 Å². The van der Waals surface area contributed by atoms with E-state index in [1.54, 1.807) is 5.20 Å². The maximum absolute atomic E-state index is 5.99. The molecule has 0 fully saturated rings. The van der Waals surface area contributed by atoms with Crippen LogP contribution in [0.15, 0.2) is 28.5 Å². The fourth-order valence-electron chi connectivity index (χ4n) is 4.20. The molecular formula is C30H55LuOSi3. The van der Waals surface area contributed by atoms with E-state index in [0.29, 0.717) is 5.92 Å². The topological polar surface area (TPSA) is 9.23 Å². The Bertz CT molecular complexity index is 868. The molecule has 0 spiro atoms. The number of hydrogen-bond donors (Lipinski definition) is 0. The normalized spacial score (nSPS) is 16.4. The summed E-state index contributed by atoms with van der Waals surface area (Å²) >= 11 is 0. The first-order valence-corrected chi connectivity index (χ1v) is 23.0. The van der Waals surface area contributed by atoms with Gasteiger partial charge in [0.2, 0.25) is 0 Å². The minimum Gasteiger partial charge on any atom is -0.497 e. The Morgan fingerprint density at radius 2 is 1.26 bits per heavy atom. The van der Waals surface area contributed by atoms with Gasteiger partial charge in [0.1, 0.15) is 5.75 Å². The second-order valence-corrected chi connectivity index (χ2v) is 28.5. The molecule has 0 aromatic heterocycles. The molecule has 0 aliphatic heterocycles. The van der Waals surface area contributed by atoms with Gasteiger partial charge in [-0.15, -0.1) is 23.1 Å². The molecule has 0 radical (unpaired) electrons. The van der Waals surface area contributed by atoms with E-state index in [0.717, 1.165) is 5.75 Å². The third-order valence-corrected chi connectivity index (χ3v) is 9.30. The molecule has 1 nitrogen and oxygen atoms in total. The van der Waals surface area contributed by atoms with Crippen LogP contribution in [0.25, 0.3) is 0 Å². The van der Waals surface area contributed by atoms with Crippen molar-refractivity contribution in [3.05, 3.63) is 58.8 Å². The summed E-state index contributed by atoms with van der Waals surface area (Å²) in [6, 6.07) is 4.66. The van der Waals surface area contributed by atoms with Crippen LogP contribution in [-0.2, 0) is 5.41 Å². The van der Waals surface area contributed by atoms with Crippen LogP contribution in [0, 0.1) is 68.9 Å². The SMILES string of the molecule is COc1c(C(C)(C)C)cc(C)cc1[Si](C)(C)C1=C(C)C(C)=[C-]C1C.[CH2-][Si](C)(C)C.[CH2-][Si](C)(C)C.[Lu+3]. The van der Waals surface area contributed by atoms with Crippen LogP contribution in [0.3, 0.4) is 0 Å². The van der Waals surface area contributed by atoms with E-state index in [1.807, 2.05) is 7.11 Å². The van der Waals surface area contributed by atoms with Crippen molar-refractivity contribution in [2.45, 2.75) is 106 Å². The molecule has 1 aromatic carbocycles. The van der Waals surface area contributed by atoms with Gasteiger partial charge in [-0.3, -0.25) is 6.08 Å². The van der Waals surface area contributed by atoms with E-state index in [1.165, 1.54) is 27.5 Å². The van der Waals surface area contributed by atoms with Crippen LogP contribution >= 0.6 is 0 Å². The van der Waals surface area contributed by atoms with E-state index in [2.05, 4.69) is 132 Å². The van der Waals surface area contributed by atoms with Crippen molar-refractivity contribution < 1.29 is 41.6 Å². The molecule has 1 atom stereocenters. The van der Waals surface area contributed by atoms with Gasteiger partial charge in [0.05, 0.1) is 15.2 Å². The molecule has 2 rings (SSSR count). The van der Waals surface area contributed by atoms with Crippen molar-refractivity contribution in [2.75, 3.05) is 7.11 Å². The van der Waals surface area contributed by atoms with Gasteiger partial charge >= 0.3 is 36.9 Å². The molecule has 208 valence electrons. The van der Waals surface area contributed by atoms with Gasteiger partial charge in [0.25, 0.3) is 0 Å². The molecule has 0 saturated heterocycles. The van der Waals surface area contributed by atoms with E-state index in [4.69, 9.17) is 4.74 Å². The van der Waals surface area contributed by atoms with Crippen LogP contribution in [0.1, 0.15) is 52.7 Å². The molecule has 0 amide bonds. The van der Waals surface area contributed by atoms with Gasteiger partial charge in [-0.2, -0.15) is 5.20 Å². The van der Waals surface area contributed by atoms with Crippen molar-refractivity contribution in [3.8, 4) is 5.75 Å². The largest absolute Gasteiger partial charge is 3.00 e. The van der Waals surface area contributed by atoms with E-state index in [9.17, 15) is 0 Å². The van der Waals surface area contributed by atoms with Crippen LogP contribution in [-0.4, -0.2) is 31.3 Å². The molecular weight excluding hydrogens is 636 g/mol. The Labute approximate surface area is 252 Å². The molecule has 1 unspecified atom stereocenters. The third kappa shape index (κ3) is 13.1. The van der Waals surface area contributed by atoms with Crippen molar-refractivity contribution in [1.82, 2.24) is 0 Å². The second kappa shape index (κ2) is 14.0. The quantitative estimate of drug-likeness (QED) is 0.228. The molecule has 1 aliphatic rings. The summed E-state index contributed by atoms with van der Waals surface area (Å²) in [5.41, 5.74) is 5.48. The summed E-state index contributed by atoms with van der Waals surface area (Å²) in [5.74, 6) is 1.51. The minimum absolute atomic E-state index is 0. The number of methoxy groups -OCH3 is 1. The Hall–Kier alpha value is 0.384. The Morgan fingerprint density at radius 1 is 0.857 bits per heavy atom. The van der Waals surface area contributed by atoms with Crippen LogP contribution in [0.5, 0.6) is 5.75 Å². The second-order valence-electron chi connectivity index (χ2n) is 13.9. The average Bonchev–Trinajstić information content (AvgIpc) is 2.83. The van der Waals surface area contributed by atoms with Gasteiger partial charge in [0.15, 0.2) is 0 Å². The molecule has 0 N–H and O–H groups in total. The smallest absolute Gasteiger partial charge is 0.497 e. The van der Waals surface area contributed by atoms with Gasteiger partial charge < -0.3 is 17.8 Å². The van der Waals surface area contributed by atoms with Crippen LogP contribution in [0.4, 0.5) is 0 Å². The van der Waals surface area contributed by atoms with Gasteiger partial charge in [-0.05, 0) is 23.1 Å². The van der Waals surface area contributed by atoms with Crippen molar-refractivity contribution in [3.63, 3.8) is 0 Å². The summed E-state index contributed by atoms with van der Waals surface area (Å²) in [7, 11) is -1.75. The van der Waals surface area contributed by atoms with Crippen molar-refractivity contribution >= 4 is 29.4 Å². The number of ether oxygens (including phenoxy) is 1. The fourth-order valence-corrected chi connectivity index (χ4v) is 8.16. The van der Waals surface area contributed by atoms with Crippen LogP contribution in [0.2, 0.25) is 52.4 Å². The van der Waals surface area contributed by atoms with Gasteiger partial charge in [-0.1, -0.05) is 111 Å². The zero-order valence-corrected chi connectivity index (χ0v) is 30.5. The molecule has 35 heavy (non-hydrogen) atoms. The number of hydrogen-bond acceptors (Lipinski definition) is 1. The Kier molecular flexibility index (Phi) is 15.0. The summed E-state index contributed by atoms with van der Waals surface area (Å²) < 4.78 is 5.99. The maximum Gasteiger partial charge on any atom is 3.00 e. The van der Waals surface area contributed by atoms with Crippen molar-refractivity contribution in [2.24, 2.45) is 5.92 Å². The molecule has 1 aromatic rings. The predicted molar refractivity (Wildman–Crippen MR) is 165 cm³/mol. The first kappa shape index (κ1) is 37.5. The number of benzene rings is 1. The average molecular weight is 691 g/mol. The molecule has 1 aliphatic carbocycles. The first-order valence-electron chi connectivity index (χ1n) is 12.6. The molecule has 0 bridgehead atoms. The summed E-state index contributed by atoms with van der Waals surface area (Å²) in [6.45, 7) is 41.8. The standard InChI is InChI=1S/C22H33OSi.2C4H11Si.Lu/c1-14-11-18(22(5,6)7)20(23-8)19(12-14)24(9,10)21-16(3)13-15(2)17(21)4;2*1-5(2,3)4;/h11-12,16H,1-10H3;2*1H2,2-4H3;/q3*-1;+3. The zero-order chi connectivity index (χ0) is 27.4. The predicted octanol–water partition coefficient (Wildman–Crippen LogP) is 8.87. The fraction of sp³-hybridized carbons (Fsp3) is 0.600. The summed E-state index contributed by atoms with van der Waals surface area (Å²) in [4.78, 5) is 0. The molecule has 0 saturated carbocycles. The van der Waals surface area contributed by atoms with Gasteiger partial charge in [0, 0.05) is 0 Å². The first-order chi connectivity index (χ1) is 14.9. The summed E-state index contributed by atoms with van der Waals surface area (Å²) in [6.07, 6.45) is 3.63. The number of rotatable bonds is 3. The van der Waals surface area contributed by atoms with E-state index in [-0.39, 0.29) is 42.3 Å². The number of allylic oxidation sites excluding steroid dienone is 4. The maximum atomic E-state index is 5.99. The summed E-state index contributed by atoms with van der Waals surface area (Å²) in [5, 5.41) is 3.02. The van der Waals surface area contributed by atoms with Gasteiger partial charge in [-0.25, -0.2) is 11.1 Å². The van der Waals surface area contributed by atoms with E-state index >= 15 is 0 Å². The van der Waals surface area contributed by atoms with Crippen LogP contribution < -0.4 is 9.92 Å². The van der Waals surface area contributed by atoms with E-state index < -0.39 is 24.2 Å². The monoisotopic (exact) mass is 690 g/mol. The molecule has 0 heterocycles. The zero-order valence-electron chi connectivity index (χ0n) is 25.8.